The van der Waals surface area contributed by atoms with Gasteiger partial charge in [-0.05, 0) is 32.9 Å². The third kappa shape index (κ3) is 3.61. The first-order chi connectivity index (χ1) is 8.95. The molecule has 1 N–H and O–H groups in total. The molecule has 0 radical (unpaired) electrons. The summed E-state index contributed by atoms with van der Waals surface area (Å²) in [5.74, 6) is -0.371. The number of anilines is 1. The maximum absolute atomic E-state index is 12.2. The summed E-state index contributed by atoms with van der Waals surface area (Å²) in [5, 5.41) is 3.67. The van der Waals surface area contributed by atoms with Crippen LogP contribution in [0.15, 0.2) is 24.3 Å². The van der Waals surface area contributed by atoms with Crippen molar-refractivity contribution in [3.8, 4) is 0 Å². The smallest absolute Gasteiger partial charge is 0.334 e. The highest BCUT2D eigenvalue weighted by molar-refractivity contribution is 6.33. The highest BCUT2D eigenvalue weighted by atomic mass is 35.5. The van der Waals surface area contributed by atoms with Crippen molar-refractivity contribution in [2.24, 2.45) is 0 Å². The van der Waals surface area contributed by atoms with Gasteiger partial charge in [-0.2, -0.15) is 0 Å². The van der Waals surface area contributed by atoms with Crippen LogP contribution in [0.5, 0.6) is 0 Å². The van der Waals surface area contributed by atoms with Crippen LogP contribution in [0.3, 0.4) is 0 Å². The number of nitrogens with one attached hydrogen (secondary N) is 1. The van der Waals surface area contributed by atoms with Crippen LogP contribution in [-0.2, 0) is 14.3 Å². The fourth-order valence-electron chi connectivity index (χ4n) is 1.68. The summed E-state index contributed by atoms with van der Waals surface area (Å²) < 4.78 is 10.4. The van der Waals surface area contributed by atoms with Gasteiger partial charge in [0.1, 0.15) is 0 Å². The average molecular weight is 286 g/mol. The lowest BCUT2D eigenvalue weighted by molar-refractivity contribution is -0.152. The van der Waals surface area contributed by atoms with Gasteiger partial charge in [0.2, 0.25) is 0 Å². The Balaban J connectivity index is 3.05. The lowest BCUT2D eigenvalue weighted by Gasteiger charge is -2.34. The van der Waals surface area contributed by atoms with Crippen molar-refractivity contribution in [3.63, 3.8) is 0 Å². The van der Waals surface area contributed by atoms with Crippen LogP contribution in [0.25, 0.3) is 0 Å². The predicted molar refractivity (Wildman–Crippen MR) is 76.6 cm³/mol. The Morgan fingerprint density at radius 3 is 2.63 bits per heavy atom. The molecular formula is C14H20ClNO3. The molecule has 0 aliphatic carbocycles. The number of hydrogen-bond acceptors (Lipinski definition) is 4. The van der Waals surface area contributed by atoms with E-state index < -0.39 is 5.54 Å². The Hall–Kier alpha value is -1.26. The number of benzene rings is 1. The van der Waals surface area contributed by atoms with Gasteiger partial charge in [-0.3, -0.25) is 0 Å². The maximum atomic E-state index is 12.2. The quantitative estimate of drug-likeness (QED) is 0.816. The molecule has 1 aromatic carbocycles. The van der Waals surface area contributed by atoms with Crippen LogP contribution in [-0.4, -0.2) is 31.3 Å². The van der Waals surface area contributed by atoms with Gasteiger partial charge in [0.05, 0.1) is 23.4 Å². The number of halogens is 1. The number of carbonyl (C=O) groups excluding carboxylic acids is 1. The highest BCUT2D eigenvalue weighted by Crippen LogP contribution is 2.27. The zero-order valence-electron chi connectivity index (χ0n) is 11.7. The molecule has 0 amide bonds. The fraction of sp³-hybridized carbons (Fsp3) is 0.500. The van der Waals surface area contributed by atoms with Gasteiger partial charge in [-0.25, -0.2) is 4.79 Å². The zero-order chi connectivity index (χ0) is 14.5. The van der Waals surface area contributed by atoms with Gasteiger partial charge >= 0.3 is 5.97 Å². The maximum Gasteiger partial charge on any atom is 0.334 e. The van der Waals surface area contributed by atoms with Crippen molar-refractivity contribution in [2.45, 2.75) is 32.4 Å². The molecule has 5 heteroatoms. The van der Waals surface area contributed by atoms with Crippen LogP contribution >= 0.6 is 11.6 Å². The van der Waals surface area contributed by atoms with Crippen LogP contribution in [0, 0.1) is 0 Å². The number of hydrogen-bond donors (Lipinski definition) is 1. The largest absolute Gasteiger partial charge is 0.464 e. The SMILES string of the molecule is CCOC(=O)C(C)(Nc1ccccc1Cl)C(C)OC. The molecular weight excluding hydrogens is 266 g/mol. The molecule has 0 saturated carbocycles. The first kappa shape index (κ1) is 15.8. The topological polar surface area (TPSA) is 47.6 Å². The molecule has 0 aromatic heterocycles. The molecule has 1 rings (SSSR count). The van der Waals surface area contributed by atoms with Gasteiger partial charge in [-0.1, -0.05) is 23.7 Å². The third-order valence-corrected chi connectivity index (χ3v) is 3.46. The minimum absolute atomic E-state index is 0.315. The first-order valence-corrected chi connectivity index (χ1v) is 6.56. The van der Waals surface area contributed by atoms with E-state index in [1.165, 1.54) is 0 Å². The molecule has 0 aliphatic rings. The Bertz CT molecular complexity index is 438. The van der Waals surface area contributed by atoms with Gasteiger partial charge in [-0.15, -0.1) is 0 Å². The molecule has 0 fully saturated rings. The van der Waals surface area contributed by atoms with Gasteiger partial charge in [0, 0.05) is 7.11 Å². The molecule has 1 aromatic rings. The Labute approximate surface area is 119 Å². The molecule has 106 valence electrons. The lowest BCUT2D eigenvalue weighted by Crippen LogP contribution is -2.53. The molecule has 0 aliphatic heterocycles. The average Bonchev–Trinajstić information content (AvgIpc) is 2.40. The lowest BCUT2D eigenvalue weighted by atomic mass is 9.95. The first-order valence-electron chi connectivity index (χ1n) is 6.18. The van der Waals surface area contributed by atoms with Crippen molar-refractivity contribution in [2.75, 3.05) is 19.0 Å². The van der Waals surface area contributed by atoms with Crippen LogP contribution in [0.1, 0.15) is 20.8 Å². The van der Waals surface area contributed by atoms with E-state index in [9.17, 15) is 4.79 Å². The van der Waals surface area contributed by atoms with Crippen LogP contribution in [0.2, 0.25) is 5.02 Å². The second-order valence-corrected chi connectivity index (χ2v) is 4.81. The number of carbonyl (C=O) groups is 1. The van der Waals surface area contributed by atoms with Crippen molar-refractivity contribution >= 4 is 23.3 Å². The third-order valence-electron chi connectivity index (χ3n) is 3.13. The molecule has 19 heavy (non-hydrogen) atoms. The van der Waals surface area contributed by atoms with Gasteiger partial charge in [0.25, 0.3) is 0 Å². The van der Waals surface area contributed by atoms with Gasteiger partial charge < -0.3 is 14.8 Å². The van der Waals surface area contributed by atoms with Crippen LogP contribution in [0.4, 0.5) is 5.69 Å². The van der Waals surface area contributed by atoms with Crippen molar-refractivity contribution < 1.29 is 14.3 Å². The van der Waals surface area contributed by atoms with Crippen molar-refractivity contribution in [1.29, 1.82) is 0 Å². The van der Waals surface area contributed by atoms with E-state index in [-0.39, 0.29) is 12.1 Å². The van der Waals surface area contributed by atoms with E-state index in [1.54, 1.807) is 33.9 Å². The van der Waals surface area contributed by atoms with E-state index in [2.05, 4.69) is 5.32 Å². The number of methoxy groups -OCH3 is 1. The molecule has 0 spiro atoms. The summed E-state index contributed by atoms with van der Waals surface area (Å²) in [5.41, 5.74) is -0.334. The molecule has 4 nitrogen and oxygen atoms in total. The second kappa shape index (κ2) is 6.78. The van der Waals surface area contributed by atoms with Crippen molar-refractivity contribution in [1.82, 2.24) is 0 Å². The molecule has 0 heterocycles. The van der Waals surface area contributed by atoms with Crippen LogP contribution < -0.4 is 5.32 Å². The Kier molecular flexibility index (Phi) is 5.63. The standard InChI is InChI=1S/C14H20ClNO3/c1-5-19-13(17)14(3,10(2)18-4)16-12-9-7-6-8-11(12)15/h6-10,16H,5H2,1-4H3. The predicted octanol–water partition coefficient (Wildman–Crippen LogP) is 3.11. The summed E-state index contributed by atoms with van der Waals surface area (Å²) in [7, 11) is 1.55. The normalized spacial score (nSPS) is 15.4. The number of para-hydroxylation sites is 1. The minimum Gasteiger partial charge on any atom is -0.464 e. The summed E-state index contributed by atoms with van der Waals surface area (Å²) >= 11 is 6.10. The summed E-state index contributed by atoms with van der Waals surface area (Å²) in [6.45, 7) is 5.63. The highest BCUT2D eigenvalue weighted by Gasteiger charge is 2.41. The Morgan fingerprint density at radius 1 is 1.47 bits per heavy atom. The summed E-state index contributed by atoms with van der Waals surface area (Å²) in [6.07, 6.45) is -0.372. The van der Waals surface area contributed by atoms with E-state index in [0.717, 1.165) is 0 Å². The zero-order valence-corrected chi connectivity index (χ0v) is 12.5. The van der Waals surface area contributed by atoms with E-state index in [1.807, 2.05) is 18.2 Å². The number of ether oxygens (including phenoxy) is 2. The van der Waals surface area contributed by atoms with Gasteiger partial charge in [0.15, 0.2) is 5.54 Å². The monoisotopic (exact) mass is 285 g/mol. The summed E-state index contributed by atoms with van der Waals surface area (Å²) in [4.78, 5) is 12.2. The van der Waals surface area contributed by atoms with E-state index in [0.29, 0.717) is 17.3 Å². The minimum atomic E-state index is -1.00. The van der Waals surface area contributed by atoms with E-state index in [4.69, 9.17) is 21.1 Å². The molecule has 0 saturated heterocycles. The van der Waals surface area contributed by atoms with E-state index >= 15 is 0 Å². The molecule has 0 bridgehead atoms. The number of esters is 1. The van der Waals surface area contributed by atoms with Crippen molar-refractivity contribution in [3.05, 3.63) is 29.3 Å². The number of rotatable bonds is 6. The molecule has 2 unspecified atom stereocenters. The summed E-state index contributed by atoms with van der Waals surface area (Å²) in [6, 6.07) is 7.24. The Morgan fingerprint density at radius 2 is 2.11 bits per heavy atom. The second-order valence-electron chi connectivity index (χ2n) is 4.41. The molecule has 2 atom stereocenters. The fourth-order valence-corrected chi connectivity index (χ4v) is 1.86.